The summed E-state index contributed by atoms with van der Waals surface area (Å²) in [6, 6.07) is 0. The van der Waals surface area contributed by atoms with Crippen LogP contribution in [-0.4, -0.2) is 34.5 Å². The zero-order valence-corrected chi connectivity index (χ0v) is 9.63. The van der Waals surface area contributed by atoms with Gasteiger partial charge in [0.1, 0.15) is 12.2 Å². The molecule has 0 heterocycles. The second-order valence-corrected chi connectivity index (χ2v) is 3.64. The molecule has 0 aromatic carbocycles. The van der Waals surface area contributed by atoms with Crippen molar-refractivity contribution in [2.75, 3.05) is 0 Å². The molecule has 0 aromatic rings. The van der Waals surface area contributed by atoms with Gasteiger partial charge in [-0.15, -0.1) is 13.2 Å². The van der Waals surface area contributed by atoms with Gasteiger partial charge in [0, 0.05) is 6.42 Å². The van der Waals surface area contributed by atoms with Gasteiger partial charge in [-0.2, -0.15) is 0 Å². The highest BCUT2D eigenvalue weighted by Gasteiger charge is 2.16. The summed E-state index contributed by atoms with van der Waals surface area (Å²) in [7, 11) is 0. The molecule has 0 aliphatic carbocycles. The zero-order valence-electron chi connectivity index (χ0n) is 9.63. The number of ether oxygens (including phenoxy) is 1. The molecule has 0 aliphatic heterocycles. The minimum absolute atomic E-state index is 0.128. The van der Waals surface area contributed by atoms with Crippen molar-refractivity contribution in [2.24, 2.45) is 0 Å². The van der Waals surface area contributed by atoms with Crippen molar-refractivity contribution < 1.29 is 19.7 Å². The van der Waals surface area contributed by atoms with Crippen LogP contribution in [0.1, 0.15) is 26.2 Å². The third-order valence-electron chi connectivity index (χ3n) is 2.16. The first kappa shape index (κ1) is 14.9. The molecular formula is C12H20O4. The van der Waals surface area contributed by atoms with Crippen LogP contribution in [0.2, 0.25) is 0 Å². The molecule has 2 N–H and O–H groups in total. The Labute approximate surface area is 96.2 Å². The van der Waals surface area contributed by atoms with Crippen molar-refractivity contribution in [3.05, 3.63) is 25.3 Å². The van der Waals surface area contributed by atoms with E-state index < -0.39 is 24.3 Å². The molecular weight excluding hydrogens is 208 g/mol. The molecule has 0 radical (unpaired) electrons. The van der Waals surface area contributed by atoms with E-state index in [1.807, 2.05) is 0 Å². The SMILES string of the molecule is C=CC[C@@H](O)CCC(=O)O[C@H](C)[C@H](O)C=C. The van der Waals surface area contributed by atoms with E-state index in [0.29, 0.717) is 12.8 Å². The lowest BCUT2D eigenvalue weighted by Crippen LogP contribution is -2.27. The lowest BCUT2D eigenvalue weighted by molar-refractivity contribution is -0.152. The first-order chi connectivity index (χ1) is 7.51. The predicted molar refractivity (Wildman–Crippen MR) is 61.8 cm³/mol. The maximum atomic E-state index is 11.3. The Hall–Kier alpha value is -1.13. The van der Waals surface area contributed by atoms with Crippen LogP contribution in [0.5, 0.6) is 0 Å². The summed E-state index contributed by atoms with van der Waals surface area (Å²) in [6.07, 6.45) is 1.79. The smallest absolute Gasteiger partial charge is 0.306 e. The van der Waals surface area contributed by atoms with Crippen LogP contribution in [0.25, 0.3) is 0 Å². The third kappa shape index (κ3) is 6.37. The molecule has 3 atom stereocenters. The Kier molecular flexibility index (Phi) is 7.50. The molecule has 0 aliphatic rings. The van der Waals surface area contributed by atoms with Crippen LogP contribution in [-0.2, 0) is 9.53 Å². The number of carbonyl (C=O) groups excluding carboxylic acids is 1. The average molecular weight is 228 g/mol. The van der Waals surface area contributed by atoms with Gasteiger partial charge in [0.15, 0.2) is 0 Å². The van der Waals surface area contributed by atoms with E-state index >= 15 is 0 Å². The first-order valence-electron chi connectivity index (χ1n) is 5.30. The highest BCUT2D eigenvalue weighted by molar-refractivity contribution is 5.69. The van der Waals surface area contributed by atoms with Crippen molar-refractivity contribution in [3.8, 4) is 0 Å². The van der Waals surface area contributed by atoms with Crippen molar-refractivity contribution in [3.63, 3.8) is 0 Å². The molecule has 0 unspecified atom stereocenters. The standard InChI is InChI=1S/C12H20O4/c1-4-6-10(13)7-8-12(15)16-9(3)11(14)5-2/h4-5,9-11,13-14H,1-2,6-8H2,3H3/t9-,10-,11-/m1/s1. The van der Waals surface area contributed by atoms with E-state index in [2.05, 4.69) is 13.2 Å². The Balaban J connectivity index is 3.81. The largest absolute Gasteiger partial charge is 0.460 e. The monoisotopic (exact) mass is 228 g/mol. The molecule has 4 nitrogen and oxygen atoms in total. The Bertz CT molecular complexity index is 237. The number of hydrogen-bond acceptors (Lipinski definition) is 4. The van der Waals surface area contributed by atoms with Gasteiger partial charge in [0.2, 0.25) is 0 Å². The fourth-order valence-electron chi connectivity index (χ4n) is 1.12. The van der Waals surface area contributed by atoms with E-state index in [4.69, 9.17) is 4.74 Å². The Morgan fingerprint density at radius 3 is 2.56 bits per heavy atom. The van der Waals surface area contributed by atoms with Gasteiger partial charge >= 0.3 is 5.97 Å². The first-order valence-corrected chi connectivity index (χ1v) is 5.30. The molecule has 0 saturated carbocycles. The molecule has 16 heavy (non-hydrogen) atoms. The second-order valence-electron chi connectivity index (χ2n) is 3.64. The van der Waals surface area contributed by atoms with Crippen molar-refractivity contribution in [1.29, 1.82) is 0 Å². The van der Waals surface area contributed by atoms with Crippen LogP contribution < -0.4 is 0 Å². The molecule has 4 heteroatoms. The maximum absolute atomic E-state index is 11.3. The fraction of sp³-hybridized carbons (Fsp3) is 0.583. The van der Waals surface area contributed by atoms with E-state index in [-0.39, 0.29) is 6.42 Å². The van der Waals surface area contributed by atoms with E-state index in [9.17, 15) is 15.0 Å². The summed E-state index contributed by atoms with van der Waals surface area (Å²) in [6.45, 7) is 8.47. The Morgan fingerprint density at radius 1 is 1.44 bits per heavy atom. The molecule has 0 spiro atoms. The van der Waals surface area contributed by atoms with Gasteiger partial charge in [-0.25, -0.2) is 0 Å². The van der Waals surface area contributed by atoms with Gasteiger partial charge < -0.3 is 14.9 Å². The van der Waals surface area contributed by atoms with Gasteiger partial charge in [-0.05, 0) is 19.8 Å². The Morgan fingerprint density at radius 2 is 2.06 bits per heavy atom. The number of carbonyl (C=O) groups is 1. The van der Waals surface area contributed by atoms with E-state index in [0.717, 1.165) is 0 Å². The molecule has 0 amide bonds. The zero-order chi connectivity index (χ0) is 12.6. The normalized spacial score (nSPS) is 15.9. The highest BCUT2D eigenvalue weighted by Crippen LogP contribution is 2.06. The van der Waals surface area contributed by atoms with Gasteiger partial charge in [-0.1, -0.05) is 12.2 Å². The fourth-order valence-corrected chi connectivity index (χ4v) is 1.12. The average Bonchev–Trinajstić information content (AvgIpc) is 2.25. The van der Waals surface area contributed by atoms with Gasteiger partial charge in [-0.3, -0.25) is 4.79 Å². The second kappa shape index (κ2) is 8.07. The third-order valence-corrected chi connectivity index (χ3v) is 2.16. The summed E-state index contributed by atoms with van der Waals surface area (Å²) in [5.41, 5.74) is 0. The summed E-state index contributed by atoms with van der Waals surface area (Å²) >= 11 is 0. The highest BCUT2D eigenvalue weighted by atomic mass is 16.6. The summed E-state index contributed by atoms with van der Waals surface area (Å²) in [5, 5.41) is 18.6. The van der Waals surface area contributed by atoms with Gasteiger partial charge in [0.05, 0.1) is 6.10 Å². The van der Waals surface area contributed by atoms with Crippen molar-refractivity contribution in [2.45, 2.75) is 44.5 Å². The lowest BCUT2D eigenvalue weighted by Gasteiger charge is -2.16. The number of hydrogen-bond donors (Lipinski definition) is 2. The molecule has 0 fully saturated rings. The summed E-state index contributed by atoms with van der Waals surface area (Å²) in [4.78, 5) is 11.3. The minimum atomic E-state index is -0.859. The summed E-state index contributed by atoms with van der Waals surface area (Å²) in [5.74, 6) is -0.434. The molecule has 92 valence electrons. The quantitative estimate of drug-likeness (QED) is 0.483. The molecule has 0 bridgehead atoms. The van der Waals surface area contributed by atoms with Crippen molar-refractivity contribution >= 4 is 5.97 Å². The molecule has 0 aromatic heterocycles. The topological polar surface area (TPSA) is 66.8 Å². The minimum Gasteiger partial charge on any atom is -0.460 e. The number of esters is 1. The molecule has 0 rings (SSSR count). The lowest BCUT2D eigenvalue weighted by atomic mass is 10.1. The van der Waals surface area contributed by atoms with E-state index in [1.165, 1.54) is 6.08 Å². The number of aliphatic hydroxyl groups is 2. The van der Waals surface area contributed by atoms with E-state index in [1.54, 1.807) is 13.0 Å². The molecule has 0 saturated heterocycles. The maximum Gasteiger partial charge on any atom is 0.306 e. The van der Waals surface area contributed by atoms with Crippen LogP contribution in [0.15, 0.2) is 25.3 Å². The number of rotatable bonds is 8. The van der Waals surface area contributed by atoms with Crippen LogP contribution in [0, 0.1) is 0 Å². The van der Waals surface area contributed by atoms with Gasteiger partial charge in [0.25, 0.3) is 0 Å². The predicted octanol–water partition coefficient (Wildman–Crippen LogP) is 1.18. The van der Waals surface area contributed by atoms with Crippen molar-refractivity contribution in [1.82, 2.24) is 0 Å². The van der Waals surface area contributed by atoms with Crippen LogP contribution in [0.3, 0.4) is 0 Å². The summed E-state index contributed by atoms with van der Waals surface area (Å²) < 4.78 is 4.93. The van der Waals surface area contributed by atoms with Crippen LogP contribution >= 0.6 is 0 Å². The van der Waals surface area contributed by atoms with Crippen LogP contribution in [0.4, 0.5) is 0 Å². The number of aliphatic hydroxyl groups excluding tert-OH is 2.